The number of fused-ring (bicyclic) bond motifs is 1. The minimum atomic E-state index is 0.636. The highest BCUT2D eigenvalue weighted by Gasteiger charge is 2.13. The van der Waals surface area contributed by atoms with Gasteiger partial charge in [-0.2, -0.15) is 0 Å². The number of aryl methyl sites for hydroxylation is 2. The lowest BCUT2D eigenvalue weighted by atomic mass is 10.2. The van der Waals surface area contributed by atoms with E-state index in [1.807, 2.05) is 26.0 Å². The topological polar surface area (TPSA) is 75.3 Å². The van der Waals surface area contributed by atoms with Gasteiger partial charge in [0.25, 0.3) is 0 Å². The second kappa shape index (κ2) is 8.69. The van der Waals surface area contributed by atoms with E-state index >= 15 is 0 Å². The monoisotopic (exact) mass is 395 g/mol. The van der Waals surface area contributed by atoms with Crippen molar-refractivity contribution in [1.29, 1.82) is 0 Å². The van der Waals surface area contributed by atoms with Crippen molar-refractivity contribution in [3.05, 3.63) is 35.8 Å². The summed E-state index contributed by atoms with van der Waals surface area (Å²) in [5, 5.41) is 4.38. The van der Waals surface area contributed by atoms with E-state index in [-0.39, 0.29) is 0 Å². The van der Waals surface area contributed by atoms with Gasteiger partial charge in [0, 0.05) is 29.4 Å². The summed E-state index contributed by atoms with van der Waals surface area (Å²) in [4.78, 5) is 15.0. The van der Waals surface area contributed by atoms with Gasteiger partial charge in [-0.3, -0.25) is 0 Å². The minimum absolute atomic E-state index is 0.636. The Morgan fingerprint density at radius 1 is 1.14 bits per heavy atom. The second-order valence-electron chi connectivity index (χ2n) is 7.62. The molecule has 0 atom stereocenters. The summed E-state index contributed by atoms with van der Waals surface area (Å²) in [6.07, 6.45) is 5.31. The maximum absolute atomic E-state index is 6.02. The third-order valence-electron chi connectivity index (χ3n) is 5.25. The summed E-state index contributed by atoms with van der Waals surface area (Å²) in [6, 6.07) is 6.01. The highest BCUT2D eigenvalue weighted by Crippen LogP contribution is 2.31. The van der Waals surface area contributed by atoms with Crippen molar-refractivity contribution in [2.45, 2.75) is 33.1 Å². The maximum atomic E-state index is 6.02. The molecule has 0 amide bonds. The number of nitrogens with one attached hydrogen (secondary N) is 2. The highest BCUT2D eigenvalue weighted by atomic mass is 16.5. The van der Waals surface area contributed by atoms with Crippen LogP contribution in [0.5, 0.6) is 11.5 Å². The van der Waals surface area contributed by atoms with Crippen LogP contribution in [0.1, 0.15) is 30.7 Å². The lowest BCUT2D eigenvalue weighted by molar-refractivity contribution is 0.254. The molecule has 4 rings (SSSR count). The van der Waals surface area contributed by atoms with Gasteiger partial charge in [0.05, 0.1) is 25.4 Å². The van der Waals surface area contributed by atoms with Crippen molar-refractivity contribution in [2.75, 3.05) is 38.7 Å². The molecule has 154 valence electrons. The standard InChI is InChI=1S/C22H29N5O2/c1-15-11-17-18(24-15)12-16(2)25-22(17)26-21-13-19(20(28-3)14-23-21)29-10-6-9-27-7-4-5-8-27/h11-14,24H,4-10H2,1-3H3,(H,23,25,26). The van der Waals surface area contributed by atoms with Gasteiger partial charge in [0.1, 0.15) is 11.6 Å². The summed E-state index contributed by atoms with van der Waals surface area (Å²) in [6.45, 7) is 8.18. The number of ether oxygens (including phenoxy) is 2. The van der Waals surface area contributed by atoms with Crippen LogP contribution < -0.4 is 14.8 Å². The lowest BCUT2D eigenvalue weighted by Crippen LogP contribution is -2.21. The molecular formula is C22H29N5O2. The van der Waals surface area contributed by atoms with Crippen molar-refractivity contribution in [3.63, 3.8) is 0 Å². The van der Waals surface area contributed by atoms with Crippen LogP contribution in [-0.2, 0) is 0 Å². The van der Waals surface area contributed by atoms with Crippen LogP contribution in [0, 0.1) is 13.8 Å². The number of rotatable bonds is 8. The van der Waals surface area contributed by atoms with E-state index in [0.29, 0.717) is 23.9 Å². The first-order valence-electron chi connectivity index (χ1n) is 10.3. The second-order valence-corrected chi connectivity index (χ2v) is 7.62. The normalized spacial score (nSPS) is 14.4. The van der Waals surface area contributed by atoms with Crippen LogP contribution >= 0.6 is 0 Å². The van der Waals surface area contributed by atoms with Gasteiger partial charge in [0.2, 0.25) is 0 Å². The van der Waals surface area contributed by atoms with Crippen LogP contribution in [0.4, 0.5) is 11.6 Å². The summed E-state index contributed by atoms with van der Waals surface area (Å²) in [5.41, 5.74) is 3.10. The quantitative estimate of drug-likeness (QED) is 0.557. The molecule has 4 heterocycles. The Labute approximate surface area is 171 Å². The van der Waals surface area contributed by atoms with Crippen molar-refractivity contribution in [2.24, 2.45) is 0 Å². The Balaban J connectivity index is 1.47. The molecule has 7 nitrogen and oxygen atoms in total. The number of H-pyrrole nitrogens is 1. The average Bonchev–Trinajstić information content (AvgIpc) is 3.34. The lowest BCUT2D eigenvalue weighted by Gasteiger charge is -2.16. The van der Waals surface area contributed by atoms with Gasteiger partial charge in [-0.25, -0.2) is 9.97 Å². The maximum Gasteiger partial charge on any atom is 0.179 e. The van der Waals surface area contributed by atoms with Gasteiger partial charge in [-0.15, -0.1) is 0 Å². The first-order chi connectivity index (χ1) is 14.1. The number of aromatic nitrogens is 3. The zero-order valence-corrected chi connectivity index (χ0v) is 17.4. The molecule has 0 unspecified atom stereocenters. The molecule has 1 saturated heterocycles. The number of likely N-dealkylation sites (tertiary alicyclic amines) is 1. The molecule has 0 spiro atoms. The SMILES string of the molecule is COc1cnc(Nc2nc(C)cc3[nH]c(C)cc23)cc1OCCCN1CCCC1. The molecule has 0 aliphatic carbocycles. The fourth-order valence-electron chi connectivity index (χ4n) is 3.85. The molecule has 1 aliphatic rings. The predicted octanol–water partition coefficient (Wildman–Crippen LogP) is 4.19. The van der Waals surface area contributed by atoms with E-state index < -0.39 is 0 Å². The Morgan fingerprint density at radius 2 is 1.97 bits per heavy atom. The van der Waals surface area contributed by atoms with E-state index in [2.05, 4.69) is 31.2 Å². The Bertz CT molecular complexity index is 979. The fourth-order valence-corrected chi connectivity index (χ4v) is 3.85. The van der Waals surface area contributed by atoms with Gasteiger partial charge in [-0.1, -0.05) is 0 Å². The van der Waals surface area contributed by atoms with E-state index in [1.54, 1.807) is 13.3 Å². The molecule has 0 bridgehead atoms. The smallest absolute Gasteiger partial charge is 0.179 e. The molecule has 1 aliphatic heterocycles. The molecule has 3 aromatic heterocycles. The third-order valence-corrected chi connectivity index (χ3v) is 5.25. The first-order valence-corrected chi connectivity index (χ1v) is 10.3. The Morgan fingerprint density at radius 3 is 2.76 bits per heavy atom. The number of aromatic amines is 1. The minimum Gasteiger partial charge on any atom is -0.491 e. The zero-order valence-electron chi connectivity index (χ0n) is 17.4. The summed E-state index contributed by atoms with van der Waals surface area (Å²) < 4.78 is 11.5. The molecule has 29 heavy (non-hydrogen) atoms. The molecule has 0 radical (unpaired) electrons. The molecule has 0 saturated carbocycles. The first kappa shape index (κ1) is 19.5. The van der Waals surface area contributed by atoms with Crippen LogP contribution in [0.3, 0.4) is 0 Å². The Kier molecular flexibility index (Phi) is 5.85. The molecule has 1 fully saturated rings. The molecular weight excluding hydrogens is 366 g/mol. The number of hydrogen-bond acceptors (Lipinski definition) is 6. The van der Waals surface area contributed by atoms with E-state index in [1.165, 1.54) is 25.9 Å². The van der Waals surface area contributed by atoms with E-state index in [0.717, 1.165) is 41.1 Å². The number of pyridine rings is 2. The largest absolute Gasteiger partial charge is 0.491 e. The Hall–Kier alpha value is -2.80. The number of anilines is 2. The third kappa shape index (κ3) is 4.62. The van der Waals surface area contributed by atoms with Crippen LogP contribution in [-0.4, -0.2) is 53.2 Å². The van der Waals surface area contributed by atoms with Gasteiger partial charge in [0.15, 0.2) is 11.5 Å². The molecule has 0 aromatic carbocycles. The average molecular weight is 396 g/mol. The number of hydrogen-bond donors (Lipinski definition) is 2. The number of methoxy groups -OCH3 is 1. The van der Waals surface area contributed by atoms with Crippen molar-refractivity contribution in [3.8, 4) is 11.5 Å². The number of nitrogens with zero attached hydrogens (tertiary/aromatic N) is 3. The van der Waals surface area contributed by atoms with Gasteiger partial charge < -0.3 is 24.7 Å². The van der Waals surface area contributed by atoms with Crippen LogP contribution in [0.15, 0.2) is 24.4 Å². The predicted molar refractivity (Wildman–Crippen MR) is 115 cm³/mol. The molecule has 7 heteroatoms. The summed E-state index contributed by atoms with van der Waals surface area (Å²) in [5.74, 6) is 2.79. The molecule has 2 N–H and O–H groups in total. The van der Waals surface area contributed by atoms with E-state index in [9.17, 15) is 0 Å². The van der Waals surface area contributed by atoms with Crippen molar-refractivity contribution < 1.29 is 9.47 Å². The zero-order chi connectivity index (χ0) is 20.2. The highest BCUT2D eigenvalue weighted by molar-refractivity contribution is 5.92. The summed E-state index contributed by atoms with van der Waals surface area (Å²) in [7, 11) is 1.63. The molecule has 3 aromatic rings. The van der Waals surface area contributed by atoms with Gasteiger partial charge in [-0.05, 0) is 58.3 Å². The summed E-state index contributed by atoms with van der Waals surface area (Å²) >= 11 is 0. The van der Waals surface area contributed by atoms with Crippen LogP contribution in [0.2, 0.25) is 0 Å². The van der Waals surface area contributed by atoms with Crippen LogP contribution in [0.25, 0.3) is 10.9 Å². The van der Waals surface area contributed by atoms with Gasteiger partial charge >= 0.3 is 0 Å². The fraction of sp³-hybridized carbons (Fsp3) is 0.455. The van der Waals surface area contributed by atoms with Crippen molar-refractivity contribution in [1.82, 2.24) is 19.9 Å². The van der Waals surface area contributed by atoms with E-state index in [4.69, 9.17) is 9.47 Å². The van der Waals surface area contributed by atoms with Crippen molar-refractivity contribution >= 4 is 22.5 Å².